The van der Waals surface area contributed by atoms with E-state index in [9.17, 15) is 4.79 Å². The quantitative estimate of drug-likeness (QED) is 0.890. The Morgan fingerprint density at radius 2 is 1.95 bits per heavy atom. The van der Waals surface area contributed by atoms with E-state index in [0.717, 1.165) is 31.7 Å². The number of hydrogen-bond acceptors (Lipinski definition) is 5. The van der Waals surface area contributed by atoms with Crippen LogP contribution in [0.15, 0.2) is 24.3 Å². The molecule has 1 fully saturated rings. The molecule has 1 aromatic heterocycles. The lowest BCUT2D eigenvalue weighted by atomic mass is 10.2. The molecule has 0 spiro atoms. The lowest BCUT2D eigenvalue weighted by molar-refractivity contribution is -0.132. The van der Waals surface area contributed by atoms with Crippen LogP contribution in [0.2, 0.25) is 5.02 Å². The summed E-state index contributed by atoms with van der Waals surface area (Å²) in [4.78, 5) is 15.2. The van der Waals surface area contributed by atoms with E-state index in [2.05, 4.69) is 20.7 Å². The van der Waals surface area contributed by atoms with Crippen molar-refractivity contribution in [1.29, 1.82) is 0 Å². The first-order valence-electron chi connectivity index (χ1n) is 6.74. The summed E-state index contributed by atoms with van der Waals surface area (Å²) in [7, 11) is 0. The van der Waals surface area contributed by atoms with E-state index < -0.39 is 0 Å². The van der Waals surface area contributed by atoms with Crippen molar-refractivity contribution < 1.29 is 4.79 Å². The van der Waals surface area contributed by atoms with Crippen molar-refractivity contribution in [3.8, 4) is 11.4 Å². The van der Waals surface area contributed by atoms with Crippen LogP contribution in [-0.4, -0.2) is 57.2 Å². The minimum atomic E-state index is 0.0107. The van der Waals surface area contributed by atoms with Gasteiger partial charge in [-0.15, -0.1) is 10.2 Å². The molecule has 8 heteroatoms. The fourth-order valence-corrected chi connectivity index (χ4v) is 2.29. The van der Waals surface area contributed by atoms with Gasteiger partial charge in [0.25, 0.3) is 0 Å². The normalized spacial score (nSPS) is 15.2. The molecule has 0 atom stereocenters. The molecule has 0 aliphatic carbocycles. The van der Waals surface area contributed by atoms with Crippen LogP contribution in [0.3, 0.4) is 0 Å². The molecule has 0 unspecified atom stereocenters. The largest absolute Gasteiger partial charge is 0.338 e. The number of rotatable bonds is 3. The summed E-state index contributed by atoms with van der Waals surface area (Å²) in [5.41, 5.74) is 0.820. The number of piperazine rings is 1. The fraction of sp³-hybridized carbons (Fsp3) is 0.385. The Balaban J connectivity index is 1.67. The third-order valence-corrected chi connectivity index (χ3v) is 3.55. The molecule has 1 aromatic carbocycles. The maximum absolute atomic E-state index is 12.1. The van der Waals surface area contributed by atoms with Gasteiger partial charge in [-0.3, -0.25) is 4.79 Å². The number of benzene rings is 1. The number of tetrazole rings is 1. The van der Waals surface area contributed by atoms with Crippen molar-refractivity contribution in [2.75, 3.05) is 26.2 Å². The molecule has 1 amide bonds. The van der Waals surface area contributed by atoms with Crippen LogP contribution in [0.4, 0.5) is 0 Å². The average molecular weight is 307 g/mol. The van der Waals surface area contributed by atoms with E-state index in [1.165, 1.54) is 4.80 Å². The van der Waals surface area contributed by atoms with Crippen LogP contribution < -0.4 is 5.32 Å². The number of carbonyl (C=O) groups excluding carboxylic acids is 1. The van der Waals surface area contributed by atoms with Gasteiger partial charge in [-0.05, 0) is 29.5 Å². The number of carbonyl (C=O) groups is 1. The Labute approximate surface area is 126 Å². The number of nitrogens with one attached hydrogen (secondary N) is 1. The van der Waals surface area contributed by atoms with Gasteiger partial charge in [-0.25, -0.2) is 0 Å². The number of amides is 1. The number of nitrogens with zero attached hydrogens (tertiary/aromatic N) is 5. The Hall–Kier alpha value is -1.99. The molecule has 7 nitrogen and oxygen atoms in total. The van der Waals surface area contributed by atoms with E-state index in [4.69, 9.17) is 11.6 Å². The first-order chi connectivity index (χ1) is 10.2. The molecule has 1 aliphatic rings. The second kappa shape index (κ2) is 6.19. The fourth-order valence-electron chi connectivity index (χ4n) is 2.16. The van der Waals surface area contributed by atoms with Gasteiger partial charge in [-0.2, -0.15) is 4.80 Å². The molecule has 1 N–H and O–H groups in total. The first kappa shape index (κ1) is 14.0. The number of aromatic nitrogens is 4. The van der Waals surface area contributed by atoms with E-state index >= 15 is 0 Å². The molecule has 0 radical (unpaired) electrons. The molecular weight excluding hydrogens is 292 g/mol. The van der Waals surface area contributed by atoms with Crippen LogP contribution >= 0.6 is 11.6 Å². The Morgan fingerprint density at radius 3 is 2.67 bits per heavy atom. The summed E-state index contributed by atoms with van der Waals surface area (Å²) in [6.45, 7) is 3.20. The van der Waals surface area contributed by atoms with E-state index in [-0.39, 0.29) is 12.5 Å². The zero-order valence-corrected chi connectivity index (χ0v) is 12.1. The van der Waals surface area contributed by atoms with Gasteiger partial charge in [0.15, 0.2) is 0 Å². The van der Waals surface area contributed by atoms with Crippen molar-refractivity contribution in [3.05, 3.63) is 29.3 Å². The van der Waals surface area contributed by atoms with Crippen molar-refractivity contribution in [2.45, 2.75) is 6.54 Å². The highest BCUT2D eigenvalue weighted by molar-refractivity contribution is 6.30. The molecular formula is C13H15ClN6O. The average Bonchev–Trinajstić information content (AvgIpc) is 2.97. The van der Waals surface area contributed by atoms with Gasteiger partial charge in [0.05, 0.1) is 0 Å². The summed E-state index contributed by atoms with van der Waals surface area (Å²) in [6.07, 6.45) is 0. The highest BCUT2D eigenvalue weighted by Crippen LogP contribution is 2.16. The molecule has 3 rings (SSSR count). The van der Waals surface area contributed by atoms with Crippen molar-refractivity contribution >= 4 is 17.5 Å². The summed E-state index contributed by atoms with van der Waals surface area (Å²) in [5.74, 6) is 0.497. The van der Waals surface area contributed by atoms with Crippen LogP contribution in [-0.2, 0) is 11.3 Å². The monoisotopic (exact) mass is 306 g/mol. The topological polar surface area (TPSA) is 75.9 Å². The zero-order valence-electron chi connectivity index (χ0n) is 11.4. The standard InChI is InChI=1S/C13H15ClN6O/c14-11-3-1-10(2-4-11)13-16-18-20(17-13)9-12(21)19-7-5-15-6-8-19/h1-4,15H,5-9H2. The lowest BCUT2D eigenvalue weighted by Gasteiger charge is -2.27. The number of hydrogen-bond donors (Lipinski definition) is 1. The second-order valence-corrected chi connectivity index (χ2v) is 5.22. The van der Waals surface area contributed by atoms with Gasteiger partial charge in [-0.1, -0.05) is 11.6 Å². The van der Waals surface area contributed by atoms with E-state index in [0.29, 0.717) is 10.8 Å². The minimum Gasteiger partial charge on any atom is -0.338 e. The highest BCUT2D eigenvalue weighted by atomic mass is 35.5. The van der Waals surface area contributed by atoms with Gasteiger partial charge < -0.3 is 10.2 Å². The molecule has 1 saturated heterocycles. The van der Waals surface area contributed by atoms with Crippen LogP contribution in [0.5, 0.6) is 0 Å². The third kappa shape index (κ3) is 3.37. The van der Waals surface area contributed by atoms with Crippen LogP contribution in [0.1, 0.15) is 0 Å². The molecule has 0 bridgehead atoms. The van der Waals surface area contributed by atoms with Crippen molar-refractivity contribution in [2.24, 2.45) is 0 Å². The predicted molar refractivity (Wildman–Crippen MR) is 77.7 cm³/mol. The first-order valence-corrected chi connectivity index (χ1v) is 7.12. The molecule has 110 valence electrons. The lowest BCUT2D eigenvalue weighted by Crippen LogP contribution is -2.47. The van der Waals surface area contributed by atoms with Crippen molar-refractivity contribution in [1.82, 2.24) is 30.4 Å². The summed E-state index contributed by atoms with van der Waals surface area (Å²) < 4.78 is 0. The summed E-state index contributed by atoms with van der Waals surface area (Å²) in [6, 6.07) is 7.18. The maximum atomic E-state index is 12.1. The van der Waals surface area contributed by atoms with E-state index in [1.807, 2.05) is 17.0 Å². The van der Waals surface area contributed by atoms with Crippen LogP contribution in [0, 0.1) is 0 Å². The molecule has 1 aliphatic heterocycles. The molecule has 0 saturated carbocycles. The third-order valence-electron chi connectivity index (χ3n) is 3.30. The predicted octanol–water partition coefficient (Wildman–Crippen LogP) is 0.425. The Bertz CT molecular complexity index is 620. The number of halogens is 1. The maximum Gasteiger partial charge on any atom is 0.246 e. The SMILES string of the molecule is O=C(Cn1nnc(-c2ccc(Cl)cc2)n1)N1CCNCC1. The Morgan fingerprint density at radius 1 is 1.24 bits per heavy atom. The minimum absolute atomic E-state index is 0.0107. The smallest absolute Gasteiger partial charge is 0.246 e. The van der Waals surface area contributed by atoms with Crippen LogP contribution in [0.25, 0.3) is 11.4 Å². The van der Waals surface area contributed by atoms with Gasteiger partial charge in [0.2, 0.25) is 11.7 Å². The summed E-state index contributed by atoms with van der Waals surface area (Å²) >= 11 is 5.84. The second-order valence-electron chi connectivity index (χ2n) is 4.78. The Kier molecular flexibility index (Phi) is 4.12. The zero-order chi connectivity index (χ0) is 14.7. The van der Waals surface area contributed by atoms with E-state index in [1.54, 1.807) is 12.1 Å². The van der Waals surface area contributed by atoms with Crippen molar-refractivity contribution in [3.63, 3.8) is 0 Å². The highest BCUT2D eigenvalue weighted by Gasteiger charge is 2.17. The molecule has 21 heavy (non-hydrogen) atoms. The van der Waals surface area contributed by atoms with Gasteiger partial charge in [0, 0.05) is 36.8 Å². The summed E-state index contributed by atoms with van der Waals surface area (Å²) in [5, 5.41) is 16.0. The van der Waals surface area contributed by atoms with Gasteiger partial charge >= 0.3 is 0 Å². The van der Waals surface area contributed by atoms with Gasteiger partial charge in [0.1, 0.15) is 6.54 Å². The molecule has 2 aromatic rings. The molecule has 2 heterocycles.